The lowest BCUT2D eigenvalue weighted by Crippen LogP contribution is -2.33. The summed E-state index contributed by atoms with van der Waals surface area (Å²) >= 11 is 0. The van der Waals surface area contributed by atoms with Crippen LogP contribution in [0.2, 0.25) is 0 Å². The van der Waals surface area contributed by atoms with Gasteiger partial charge < -0.3 is 4.90 Å². The summed E-state index contributed by atoms with van der Waals surface area (Å²) in [6, 6.07) is 0. The molecule has 0 aliphatic carbocycles. The molecule has 0 radical (unpaired) electrons. The Kier molecular flexibility index (Phi) is 3.31. The number of hydrogen-bond donors (Lipinski definition) is 0. The summed E-state index contributed by atoms with van der Waals surface area (Å²) in [5.74, 6) is 0.708. The van der Waals surface area contributed by atoms with Gasteiger partial charge in [0, 0.05) is 27.1 Å². The van der Waals surface area contributed by atoms with Crippen LogP contribution in [0.3, 0.4) is 0 Å². The van der Waals surface area contributed by atoms with Crippen LogP contribution in [-0.2, 0) is 24.3 Å². The van der Waals surface area contributed by atoms with Gasteiger partial charge in [-0.15, -0.1) is 0 Å². The first-order valence-electron chi connectivity index (χ1n) is 5.96. The molecule has 0 N–H and O–H groups in total. The van der Waals surface area contributed by atoms with E-state index in [9.17, 15) is 9.59 Å². The average molecular weight is 238 g/mol. The van der Waals surface area contributed by atoms with Crippen molar-refractivity contribution in [3.8, 4) is 0 Å². The van der Waals surface area contributed by atoms with Crippen molar-refractivity contribution in [2.45, 2.75) is 38.8 Å². The van der Waals surface area contributed by atoms with Gasteiger partial charge in [-0.3, -0.25) is 9.36 Å². The van der Waals surface area contributed by atoms with Crippen molar-refractivity contribution in [2.75, 3.05) is 14.1 Å². The highest BCUT2D eigenvalue weighted by Crippen LogP contribution is 2.10. The van der Waals surface area contributed by atoms with Gasteiger partial charge in [0.2, 0.25) is 5.91 Å². The van der Waals surface area contributed by atoms with Gasteiger partial charge in [-0.25, -0.2) is 9.48 Å². The number of nitrogens with zero attached hydrogens (tertiary/aromatic N) is 4. The average Bonchev–Trinajstić information content (AvgIpc) is 2.49. The molecule has 2 heterocycles. The molecule has 2 rings (SSSR count). The van der Waals surface area contributed by atoms with E-state index in [0.29, 0.717) is 0 Å². The highest BCUT2D eigenvalue weighted by atomic mass is 16.2. The first kappa shape index (κ1) is 11.9. The third-order valence-electron chi connectivity index (χ3n) is 3.07. The predicted octanol–water partition coefficient (Wildman–Crippen LogP) is -0.141. The Balaban J connectivity index is 2.25. The van der Waals surface area contributed by atoms with Crippen LogP contribution >= 0.6 is 0 Å². The molecule has 0 atom stereocenters. The monoisotopic (exact) mass is 238 g/mol. The van der Waals surface area contributed by atoms with Crippen LogP contribution in [0, 0.1) is 0 Å². The van der Waals surface area contributed by atoms with Crippen molar-refractivity contribution in [1.82, 2.24) is 19.2 Å². The minimum atomic E-state index is -0.155. The highest BCUT2D eigenvalue weighted by molar-refractivity contribution is 5.75. The number of carbonyl (C=O) groups excluding carboxylic acids is 1. The number of hydrogen-bond acceptors (Lipinski definition) is 3. The summed E-state index contributed by atoms with van der Waals surface area (Å²) in [7, 11) is 3.35. The molecule has 0 saturated heterocycles. The molecular weight excluding hydrogens is 220 g/mol. The Morgan fingerprint density at radius 1 is 1.35 bits per heavy atom. The topological polar surface area (TPSA) is 60.1 Å². The molecule has 0 spiro atoms. The van der Waals surface area contributed by atoms with Crippen molar-refractivity contribution in [3.05, 3.63) is 16.3 Å². The van der Waals surface area contributed by atoms with E-state index >= 15 is 0 Å². The normalized spacial score (nSPS) is 15.2. The van der Waals surface area contributed by atoms with Crippen molar-refractivity contribution in [2.24, 2.45) is 0 Å². The molecule has 0 bridgehead atoms. The summed E-state index contributed by atoms with van der Waals surface area (Å²) in [6.45, 7) is 0.760. The molecule has 0 unspecified atom stereocenters. The molecule has 94 valence electrons. The summed E-state index contributed by atoms with van der Waals surface area (Å²) in [5.41, 5.74) is -0.155. The fraction of sp³-hybridized carbons (Fsp3) is 0.727. The van der Waals surface area contributed by atoms with Gasteiger partial charge in [-0.1, -0.05) is 6.42 Å². The molecular formula is C11H18N4O2. The third-order valence-corrected chi connectivity index (χ3v) is 3.07. The maximum Gasteiger partial charge on any atom is 0.346 e. The van der Waals surface area contributed by atoms with E-state index in [0.717, 1.165) is 38.1 Å². The van der Waals surface area contributed by atoms with Gasteiger partial charge in [-0.2, -0.15) is 5.10 Å². The lowest BCUT2D eigenvalue weighted by molar-refractivity contribution is -0.129. The number of amides is 1. The van der Waals surface area contributed by atoms with Gasteiger partial charge >= 0.3 is 5.69 Å². The second kappa shape index (κ2) is 4.73. The Morgan fingerprint density at radius 3 is 2.82 bits per heavy atom. The van der Waals surface area contributed by atoms with Gasteiger partial charge in [0.15, 0.2) is 0 Å². The second-order valence-corrected chi connectivity index (χ2v) is 4.61. The van der Waals surface area contributed by atoms with Crippen LogP contribution in [0.15, 0.2) is 4.79 Å². The minimum Gasteiger partial charge on any atom is -0.347 e. The quantitative estimate of drug-likeness (QED) is 0.720. The van der Waals surface area contributed by atoms with E-state index in [-0.39, 0.29) is 18.1 Å². The molecule has 1 aliphatic rings. The van der Waals surface area contributed by atoms with Gasteiger partial charge in [-0.05, 0) is 12.8 Å². The summed E-state index contributed by atoms with van der Waals surface area (Å²) in [4.78, 5) is 25.0. The number of aryl methyl sites for hydroxylation is 1. The van der Waals surface area contributed by atoms with Crippen LogP contribution in [0.1, 0.15) is 25.1 Å². The summed E-state index contributed by atoms with van der Waals surface area (Å²) in [6.07, 6.45) is 4.05. The Hall–Kier alpha value is -1.59. The van der Waals surface area contributed by atoms with E-state index in [1.54, 1.807) is 18.7 Å². The van der Waals surface area contributed by atoms with E-state index in [4.69, 9.17) is 0 Å². The molecule has 0 aromatic carbocycles. The van der Waals surface area contributed by atoms with Crippen LogP contribution in [-0.4, -0.2) is 39.3 Å². The molecule has 1 aliphatic heterocycles. The van der Waals surface area contributed by atoms with Crippen LogP contribution in [0.4, 0.5) is 0 Å². The molecule has 1 amide bonds. The fourth-order valence-electron chi connectivity index (χ4n) is 2.00. The third kappa shape index (κ3) is 2.40. The van der Waals surface area contributed by atoms with Crippen LogP contribution < -0.4 is 5.69 Å². The van der Waals surface area contributed by atoms with Crippen LogP contribution in [0.5, 0.6) is 0 Å². The van der Waals surface area contributed by atoms with E-state index in [1.165, 1.54) is 9.58 Å². The number of rotatable bonds is 2. The highest BCUT2D eigenvalue weighted by Gasteiger charge is 2.17. The number of likely N-dealkylation sites (N-methyl/N-ethyl adjacent to an activating group) is 1. The molecule has 0 saturated carbocycles. The molecule has 1 aromatic heterocycles. The second-order valence-electron chi connectivity index (χ2n) is 4.61. The maximum absolute atomic E-state index is 12.0. The zero-order valence-corrected chi connectivity index (χ0v) is 10.3. The number of carbonyl (C=O) groups is 1. The van der Waals surface area contributed by atoms with Crippen molar-refractivity contribution >= 4 is 5.91 Å². The minimum absolute atomic E-state index is 0.0336. The van der Waals surface area contributed by atoms with Crippen LogP contribution in [0.25, 0.3) is 0 Å². The molecule has 17 heavy (non-hydrogen) atoms. The standard InChI is InChI=1S/C11H18N4O2/c1-13(2)10(16)8-15-11(17)14-7-5-3-4-6-9(14)12-15/h3-8H2,1-2H3. The zero-order chi connectivity index (χ0) is 12.4. The van der Waals surface area contributed by atoms with E-state index in [1.807, 2.05) is 0 Å². The molecule has 1 aromatic rings. The fourth-order valence-corrected chi connectivity index (χ4v) is 2.00. The SMILES string of the molecule is CN(C)C(=O)Cn1nc2n(c1=O)CCCCC2. The maximum atomic E-state index is 12.0. The Morgan fingerprint density at radius 2 is 2.12 bits per heavy atom. The first-order chi connectivity index (χ1) is 8.09. The first-order valence-corrected chi connectivity index (χ1v) is 5.96. The molecule has 6 nitrogen and oxygen atoms in total. The lowest BCUT2D eigenvalue weighted by atomic mass is 10.2. The van der Waals surface area contributed by atoms with Crippen molar-refractivity contribution in [1.29, 1.82) is 0 Å². The predicted molar refractivity (Wildman–Crippen MR) is 62.7 cm³/mol. The number of fused-ring (bicyclic) bond motifs is 1. The van der Waals surface area contributed by atoms with Crippen molar-refractivity contribution < 1.29 is 4.79 Å². The summed E-state index contributed by atoms with van der Waals surface area (Å²) in [5, 5.41) is 4.25. The molecule has 0 fully saturated rings. The van der Waals surface area contributed by atoms with E-state index in [2.05, 4.69) is 5.10 Å². The zero-order valence-electron chi connectivity index (χ0n) is 10.3. The van der Waals surface area contributed by atoms with Gasteiger partial charge in [0.05, 0.1) is 0 Å². The van der Waals surface area contributed by atoms with Crippen molar-refractivity contribution in [3.63, 3.8) is 0 Å². The van der Waals surface area contributed by atoms with Gasteiger partial charge in [0.1, 0.15) is 12.4 Å². The Bertz CT molecular complexity index is 472. The number of aromatic nitrogens is 3. The van der Waals surface area contributed by atoms with Gasteiger partial charge in [0.25, 0.3) is 0 Å². The summed E-state index contributed by atoms with van der Waals surface area (Å²) < 4.78 is 2.99. The smallest absolute Gasteiger partial charge is 0.346 e. The lowest BCUT2D eigenvalue weighted by Gasteiger charge is -2.08. The largest absolute Gasteiger partial charge is 0.347 e. The van der Waals surface area contributed by atoms with E-state index < -0.39 is 0 Å². The Labute approximate surface area is 99.8 Å². The molecule has 6 heteroatoms.